The molecule has 7 nitrogen and oxygen atoms in total. The minimum Gasteiger partial charge on any atom is -0.479 e. The number of carboxylic acid groups (broad SMARTS) is 1. The smallest absolute Gasteiger partial charge is 0.340 e. The summed E-state index contributed by atoms with van der Waals surface area (Å²) >= 11 is 0. The van der Waals surface area contributed by atoms with Crippen molar-refractivity contribution in [1.29, 1.82) is 0 Å². The zero-order chi connectivity index (χ0) is 25.4. The summed E-state index contributed by atoms with van der Waals surface area (Å²) in [6.45, 7) is 3.64. The molecule has 0 saturated carbocycles. The van der Waals surface area contributed by atoms with Gasteiger partial charge in [0, 0.05) is 22.4 Å². The van der Waals surface area contributed by atoms with Crippen LogP contribution in [-0.4, -0.2) is 17.0 Å². The maximum atomic E-state index is 12.8. The fraction of sp³-hybridized carbons (Fsp3) is 0.138. The third-order valence-corrected chi connectivity index (χ3v) is 6.36. The quantitative estimate of drug-likeness (QED) is 0.318. The molecule has 5 aromatic rings. The molecule has 2 heterocycles. The molecule has 180 valence electrons. The molecule has 0 radical (unpaired) electrons. The molecule has 0 fully saturated rings. The van der Waals surface area contributed by atoms with Crippen LogP contribution in [0.3, 0.4) is 0 Å². The van der Waals surface area contributed by atoms with Gasteiger partial charge >= 0.3 is 11.6 Å². The summed E-state index contributed by atoms with van der Waals surface area (Å²) in [4.78, 5) is 37.4. The second kappa shape index (κ2) is 9.19. The molecule has 0 aliphatic rings. The van der Waals surface area contributed by atoms with Gasteiger partial charge in [0.15, 0.2) is 6.04 Å². The first-order valence-electron chi connectivity index (χ1n) is 11.5. The van der Waals surface area contributed by atoms with Gasteiger partial charge in [-0.05, 0) is 36.6 Å². The highest BCUT2D eigenvalue weighted by molar-refractivity contribution is 6.03. The lowest BCUT2D eigenvalue weighted by Crippen LogP contribution is -2.35. The van der Waals surface area contributed by atoms with E-state index in [9.17, 15) is 19.5 Å². The Morgan fingerprint density at radius 1 is 0.889 bits per heavy atom. The molecular weight excluding hydrogens is 458 g/mol. The van der Waals surface area contributed by atoms with E-state index in [1.54, 1.807) is 43.3 Å². The van der Waals surface area contributed by atoms with Crippen LogP contribution >= 0.6 is 0 Å². The van der Waals surface area contributed by atoms with Crippen LogP contribution in [0.1, 0.15) is 28.5 Å². The Bertz CT molecular complexity index is 1670. The van der Waals surface area contributed by atoms with Crippen molar-refractivity contribution in [2.24, 2.45) is 0 Å². The molecule has 0 aliphatic heterocycles. The van der Waals surface area contributed by atoms with Crippen molar-refractivity contribution in [2.45, 2.75) is 26.3 Å². The van der Waals surface area contributed by atoms with Gasteiger partial charge in [-0.1, -0.05) is 60.7 Å². The number of hydrogen-bond donors (Lipinski definition) is 2. The van der Waals surface area contributed by atoms with E-state index >= 15 is 0 Å². The van der Waals surface area contributed by atoms with E-state index in [-0.39, 0.29) is 12.0 Å². The minimum atomic E-state index is -1.23. The largest absolute Gasteiger partial charge is 0.479 e. The van der Waals surface area contributed by atoms with Crippen molar-refractivity contribution in [2.75, 3.05) is 0 Å². The van der Waals surface area contributed by atoms with Gasteiger partial charge in [0.1, 0.15) is 16.9 Å². The molecule has 5 rings (SSSR count). The minimum absolute atomic E-state index is 0.179. The maximum Gasteiger partial charge on any atom is 0.340 e. The molecule has 3 aromatic carbocycles. The topological polar surface area (TPSA) is 110 Å². The number of furan rings is 1. The standard InChI is InChI=1S/C29H23NO6/c1-16-20-13-22-24(35-17(2)26(22)18-9-5-3-6-10-18)15-23(20)36-29(34)21(16)14-25(31)30-27(28(32)33)19-11-7-4-8-12-19/h3-13,15,27H,14H2,1-2H3,(H,30,31)(H,32,33)/t27-/m1/s1. The van der Waals surface area contributed by atoms with Gasteiger partial charge < -0.3 is 19.3 Å². The molecule has 2 N–H and O–H groups in total. The van der Waals surface area contributed by atoms with Crippen molar-refractivity contribution in [3.63, 3.8) is 0 Å². The van der Waals surface area contributed by atoms with Crippen molar-refractivity contribution in [3.05, 3.63) is 106 Å². The number of fused-ring (bicyclic) bond motifs is 2. The number of carbonyl (C=O) groups excluding carboxylic acids is 1. The van der Waals surface area contributed by atoms with Gasteiger partial charge in [0.05, 0.1) is 12.0 Å². The summed E-state index contributed by atoms with van der Waals surface area (Å²) in [6.07, 6.45) is -0.311. The van der Waals surface area contributed by atoms with E-state index in [4.69, 9.17) is 8.83 Å². The first kappa shape index (κ1) is 23.1. The summed E-state index contributed by atoms with van der Waals surface area (Å²) in [7, 11) is 0. The number of aryl methyl sites for hydroxylation is 2. The summed E-state index contributed by atoms with van der Waals surface area (Å²) in [5, 5.41) is 13.7. The van der Waals surface area contributed by atoms with Gasteiger partial charge in [-0.3, -0.25) is 4.79 Å². The SMILES string of the molecule is Cc1oc2cc3oc(=O)c(CC(=O)N[C@@H](C(=O)O)c4ccccc4)c(C)c3cc2c1-c1ccccc1. The predicted molar refractivity (Wildman–Crippen MR) is 136 cm³/mol. The van der Waals surface area contributed by atoms with Crippen LogP contribution in [0.4, 0.5) is 0 Å². The van der Waals surface area contributed by atoms with Gasteiger partial charge in [-0.15, -0.1) is 0 Å². The predicted octanol–water partition coefficient (Wildman–Crippen LogP) is 5.31. The van der Waals surface area contributed by atoms with Crippen molar-refractivity contribution < 1.29 is 23.5 Å². The van der Waals surface area contributed by atoms with E-state index < -0.39 is 23.5 Å². The second-order valence-electron chi connectivity index (χ2n) is 8.66. The van der Waals surface area contributed by atoms with Crippen LogP contribution in [0.25, 0.3) is 33.1 Å². The molecule has 0 bridgehead atoms. The average molecular weight is 482 g/mol. The van der Waals surface area contributed by atoms with E-state index in [1.807, 2.05) is 43.3 Å². The van der Waals surface area contributed by atoms with E-state index in [0.717, 1.165) is 22.3 Å². The highest BCUT2D eigenvalue weighted by Crippen LogP contribution is 2.37. The fourth-order valence-corrected chi connectivity index (χ4v) is 4.58. The highest BCUT2D eigenvalue weighted by atomic mass is 16.4. The van der Waals surface area contributed by atoms with E-state index in [1.165, 1.54) is 0 Å². The number of hydrogen-bond acceptors (Lipinski definition) is 5. The Morgan fingerprint density at radius 2 is 1.53 bits per heavy atom. The first-order chi connectivity index (χ1) is 17.3. The number of aliphatic carboxylic acids is 1. The molecule has 1 amide bonds. The Hall–Kier alpha value is -4.65. The van der Waals surface area contributed by atoms with Crippen molar-refractivity contribution >= 4 is 33.8 Å². The molecule has 0 saturated heterocycles. The summed E-state index contributed by atoms with van der Waals surface area (Å²) in [6, 6.07) is 20.6. The van der Waals surface area contributed by atoms with Crippen LogP contribution in [0, 0.1) is 13.8 Å². The Labute approximate surface area is 206 Å². The molecule has 2 aromatic heterocycles. The molecule has 0 unspecified atom stereocenters. The fourth-order valence-electron chi connectivity index (χ4n) is 4.58. The third kappa shape index (κ3) is 4.15. The monoisotopic (exact) mass is 481 g/mol. The normalized spacial score (nSPS) is 12.1. The van der Waals surface area contributed by atoms with Crippen molar-refractivity contribution in [1.82, 2.24) is 5.32 Å². The Balaban J connectivity index is 1.54. The number of benzene rings is 3. The number of amides is 1. The van der Waals surface area contributed by atoms with Crippen LogP contribution in [-0.2, 0) is 16.0 Å². The zero-order valence-electron chi connectivity index (χ0n) is 19.7. The lowest BCUT2D eigenvalue weighted by Gasteiger charge is -2.15. The Morgan fingerprint density at radius 3 is 2.19 bits per heavy atom. The molecule has 1 atom stereocenters. The second-order valence-corrected chi connectivity index (χ2v) is 8.66. The van der Waals surface area contributed by atoms with Crippen molar-refractivity contribution in [3.8, 4) is 11.1 Å². The summed E-state index contributed by atoms with van der Waals surface area (Å²) in [5.74, 6) is -1.04. The molecule has 0 aliphatic carbocycles. The van der Waals surface area contributed by atoms with E-state index in [0.29, 0.717) is 27.7 Å². The number of carbonyl (C=O) groups is 2. The van der Waals surface area contributed by atoms with Crippen LogP contribution in [0.2, 0.25) is 0 Å². The van der Waals surface area contributed by atoms with Gasteiger partial charge in [-0.2, -0.15) is 0 Å². The van der Waals surface area contributed by atoms with Crippen LogP contribution < -0.4 is 10.9 Å². The molecular formula is C29H23NO6. The number of carboxylic acids is 1. The summed E-state index contributed by atoms with van der Waals surface area (Å²) < 4.78 is 11.5. The molecule has 7 heteroatoms. The number of nitrogens with one attached hydrogen (secondary N) is 1. The van der Waals surface area contributed by atoms with E-state index in [2.05, 4.69) is 5.32 Å². The van der Waals surface area contributed by atoms with Crippen LogP contribution in [0.5, 0.6) is 0 Å². The lowest BCUT2D eigenvalue weighted by atomic mass is 9.98. The number of rotatable bonds is 6. The van der Waals surface area contributed by atoms with Gasteiger partial charge in [0.2, 0.25) is 5.91 Å². The maximum absolute atomic E-state index is 12.8. The third-order valence-electron chi connectivity index (χ3n) is 6.36. The average Bonchev–Trinajstić information content (AvgIpc) is 3.19. The lowest BCUT2D eigenvalue weighted by molar-refractivity contribution is -0.142. The van der Waals surface area contributed by atoms with Gasteiger partial charge in [-0.25, -0.2) is 9.59 Å². The Kier molecular flexibility index (Phi) is 5.90. The van der Waals surface area contributed by atoms with Crippen LogP contribution in [0.15, 0.2) is 86.4 Å². The molecule has 0 spiro atoms. The summed E-state index contributed by atoms with van der Waals surface area (Å²) in [5.41, 5.74) is 3.47. The van der Waals surface area contributed by atoms with Gasteiger partial charge in [0.25, 0.3) is 0 Å². The zero-order valence-corrected chi connectivity index (χ0v) is 19.7. The highest BCUT2D eigenvalue weighted by Gasteiger charge is 2.24. The molecule has 36 heavy (non-hydrogen) atoms. The first-order valence-corrected chi connectivity index (χ1v) is 11.5.